The molecule has 1 saturated carbocycles. The van der Waals surface area contributed by atoms with Crippen LogP contribution in [0, 0.1) is 17.8 Å². The van der Waals surface area contributed by atoms with E-state index >= 15 is 0 Å². The molecule has 0 aromatic heterocycles. The van der Waals surface area contributed by atoms with E-state index in [4.69, 9.17) is 23.7 Å². The summed E-state index contributed by atoms with van der Waals surface area (Å²) in [7, 11) is 4.39. The number of esters is 2. The van der Waals surface area contributed by atoms with E-state index in [-0.39, 0.29) is 11.7 Å². The van der Waals surface area contributed by atoms with Crippen molar-refractivity contribution >= 4 is 11.9 Å². The number of rotatable bonds is 8. The number of ether oxygens (including phenoxy) is 5. The molecule has 0 aliphatic heterocycles. The zero-order chi connectivity index (χ0) is 21.6. The molecule has 1 aromatic carbocycles. The fourth-order valence-corrected chi connectivity index (χ4v) is 3.86. The van der Waals surface area contributed by atoms with Crippen LogP contribution in [0.2, 0.25) is 0 Å². The highest BCUT2D eigenvalue weighted by Gasteiger charge is 2.33. The molecule has 2 rings (SSSR count). The van der Waals surface area contributed by atoms with Crippen LogP contribution in [0.25, 0.3) is 0 Å². The van der Waals surface area contributed by atoms with E-state index in [0.717, 1.165) is 19.3 Å². The van der Waals surface area contributed by atoms with Crippen molar-refractivity contribution in [1.29, 1.82) is 0 Å². The minimum atomic E-state index is -0.668. The first-order valence-corrected chi connectivity index (χ1v) is 9.97. The van der Waals surface area contributed by atoms with Gasteiger partial charge in [-0.1, -0.05) is 27.2 Å². The van der Waals surface area contributed by atoms with Crippen molar-refractivity contribution in [3.63, 3.8) is 0 Å². The number of hydrogen-bond donors (Lipinski definition) is 0. The van der Waals surface area contributed by atoms with Crippen LogP contribution in [0.1, 0.15) is 50.4 Å². The van der Waals surface area contributed by atoms with Gasteiger partial charge >= 0.3 is 11.9 Å². The zero-order valence-electron chi connectivity index (χ0n) is 18.2. The molecule has 3 atom stereocenters. The summed E-state index contributed by atoms with van der Waals surface area (Å²) in [5.41, 5.74) is 0.193. The Hall–Kier alpha value is -2.44. The largest absolute Gasteiger partial charge is 0.493 e. The Morgan fingerprint density at radius 2 is 1.66 bits per heavy atom. The molecule has 0 saturated heterocycles. The highest BCUT2D eigenvalue weighted by Crippen LogP contribution is 2.38. The number of benzene rings is 1. The van der Waals surface area contributed by atoms with Gasteiger partial charge in [-0.15, -0.1) is 0 Å². The second-order valence-corrected chi connectivity index (χ2v) is 7.84. The maximum atomic E-state index is 12.4. The third-order valence-electron chi connectivity index (χ3n) is 5.47. The number of carbonyl (C=O) groups is 2. The molecule has 29 heavy (non-hydrogen) atoms. The lowest BCUT2D eigenvalue weighted by molar-refractivity contribution is -0.159. The van der Waals surface area contributed by atoms with Gasteiger partial charge < -0.3 is 23.7 Å². The van der Waals surface area contributed by atoms with Gasteiger partial charge in [0, 0.05) is 0 Å². The fourth-order valence-electron chi connectivity index (χ4n) is 3.86. The Bertz CT molecular complexity index is 688. The Kier molecular flexibility index (Phi) is 8.17. The predicted molar refractivity (Wildman–Crippen MR) is 108 cm³/mol. The van der Waals surface area contributed by atoms with Crippen LogP contribution in [0.4, 0.5) is 0 Å². The van der Waals surface area contributed by atoms with E-state index in [1.54, 1.807) is 0 Å². The lowest BCUT2D eigenvalue weighted by Gasteiger charge is -2.36. The Balaban J connectivity index is 2.00. The molecule has 0 heterocycles. The quantitative estimate of drug-likeness (QED) is 0.604. The van der Waals surface area contributed by atoms with Crippen molar-refractivity contribution < 1.29 is 33.3 Å². The molecule has 0 spiro atoms. The van der Waals surface area contributed by atoms with E-state index < -0.39 is 18.5 Å². The molecule has 1 aromatic rings. The smallest absolute Gasteiger partial charge is 0.344 e. The van der Waals surface area contributed by atoms with Crippen molar-refractivity contribution in [2.45, 2.75) is 46.1 Å². The van der Waals surface area contributed by atoms with Gasteiger partial charge in [-0.2, -0.15) is 0 Å². The van der Waals surface area contributed by atoms with E-state index in [9.17, 15) is 9.59 Å². The second-order valence-electron chi connectivity index (χ2n) is 7.84. The molecular weight excluding hydrogens is 376 g/mol. The normalized spacial score (nSPS) is 21.4. The van der Waals surface area contributed by atoms with Gasteiger partial charge in [-0.3, -0.25) is 0 Å². The van der Waals surface area contributed by atoms with Gasteiger partial charge in [0.15, 0.2) is 18.1 Å². The molecule has 0 amide bonds. The molecule has 1 aliphatic carbocycles. The van der Waals surface area contributed by atoms with Crippen molar-refractivity contribution in [2.24, 2.45) is 17.8 Å². The summed E-state index contributed by atoms with van der Waals surface area (Å²) in [5, 5.41) is 0. The molecule has 7 nitrogen and oxygen atoms in total. The van der Waals surface area contributed by atoms with Gasteiger partial charge in [0.2, 0.25) is 5.75 Å². The number of hydrogen-bond acceptors (Lipinski definition) is 7. The summed E-state index contributed by atoms with van der Waals surface area (Å²) in [5.74, 6) is 1.12. The van der Waals surface area contributed by atoms with Gasteiger partial charge in [0.25, 0.3) is 0 Å². The van der Waals surface area contributed by atoms with Crippen molar-refractivity contribution in [3.05, 3.63) is 17.7 Å². The van der Waals surface area contributed by atoms with Crippen molar-refractivity contribution in [3.8, 4) is 17.2 Å². The van der Waals surface area contributed by atoms with Gasteiger partial charge in [-0.25, -0.2) is 9.59 Å². The number of methoxy groups -OCH3 is 3. The third kappa shape index (κ3) is 5.78. The van der Waals surface area contributed by atoms with E-state index in [2.05, 4.69) is 20.8 Å². The predicted octanol–water partition coefficient (Wildman–Crippen LogP) is 3.87. The first kappa shape index (κ1) is 22.8. The topological polar surface area (TPSA) is 80.3 Å². The Labute approximate surface area is 172 Å². The first-order valence-electron chi connectivity index (χ1n) is 9.97. The highest BCUT2D eigenvalue weighted by molar-refractivity contribution is 5.92. The lowest BCUT2D eigenvalue weighted by Crippen LogP contribution is -2.36. The second kappa shape index (κ2) is 10.4. The Morgan fingerprint density at radius 3 is 2.17 bits per heavy atom. The van der Waals surface area contributed by atoms with Crippen LogP contribution in [0.15, 0.2) is 12.1 Å². The van der Waals surface area contributed by atoms with Gasteiger partial charge in [0.05, 0.1) is 26.9 Å². The molecular formula is C22H32O7. The third-order valence-corrected chi connectivity index (χ3v) is 5.47. The molecule has 0 N–H and O–H groups in total. The summed E-state index contributed by atoms with van der Waals surface area (Å²) in [4.78, 5) is 24.7. The summed E-state index contributed by atoms with van der Waals surface area (Å²) in [6.45, 7) is 6.02. The first-order chi connectivity index (χ1) is 13.8. The molecule has 162 valence electrons. The maximum absolute atomic E-state index is 12.4. The minimum Gasteiger partial charge on any atom is -0.493 e. The molecule has 3 unspecified atom stereocenters. The highest BCUT2D eigenvalue weighted by atomic mass is 16.6. The van der Waals surface area contributed by atoms with Crippen molar-refractivity contribution in [1.82, 2.24) is 0 Å². The van der Waals surface area contributed by atoms with Crippen LogP contribution in [-0.4, -0.2) is 46.0 Å². The van der Waals surface area contributed by atoms with Crippen LogP contribution in [0.3, 0.4) is 0 Å². The monoisotopic (exact) mass is 408 g/mol. The molecule has 7 heteroatoms. The van der Waals surface area contributed by atoms with Crippen molar-refractivity contribution in [2.75, 3.05) is 27.9 Å². The van der Waals surface area contributed by atoms with E-state index in [0.29, 0.717) is 35.0 Å². The SMILES string of the molecule is COc1cc(C(=O)OCC(=O)OC2CC(C)CCC2C(C)C)cc(OC)c1OC. The summed E-state index contributed by atoms with van der Waals surface area (Å²) < 4.78 is 26.5. The van der Waals surface area contributed by atoms with Gasteiger partial charge in [-0.05, 0) is 42.7 Å². The van der Waals surface area contributed by atoms with Crippen LogP contribution in [0.5, 0.6) is 17.2 Å². The van der Waals surface area contributed by atoms with Gasteiger partial charge in [0.1, 0.15) is 6.10 Å². The summed E-state index contributed by atoms with van der Waals surface area (Å²) in [6, 6.07) is 2.96. The average molecular weight is 408 g/mol. The van der Waals surface area contributed by atoms with E-state index in [1.807, 2.05) is 0 Å². The van der Waals surface area contributed by atoms with E-state index in [1.165, 1.54) is 33.5 Å². The lowest BCUT2D eigenvalue weighted by atomic mass is 9.75. The molecule has 1 aliphatic rings. The Morgan fingerprint density at radius 1 is 1.03 bits per heavy atom. The van der Waals surface area contributed by atoms with Crippen LogP contribution >= 0.6 is 0 Å². The average Bonchev–Trinajstić information content (AvgIpc) is 2.70. The molecule has 0 bridgehead atoms. The number of carbonyl (C=O) groups excluding carboxylic acids is 2. The van der Waals surface area contributed by atoms with Crippen LogP contribution in [-0.2, 0) is 14.3 Å². The summed E-state index contributed by atoms with van der Waals surface area (Å²) >= 11 is 0. The standard InChI is InChI=1S/C22H32O7/c1-13(2)16-8-7-14(3)9-17(16)29-20(23)12-28-22(24)15-10-18(25-4)21(27-6)19(11-15)26-5/h10-11,13-14,16-17H,7-9,12H2,1-6H3. The maximum Gasteiger partial charge on any atom is 0.344 e. The molecule has 0 radical (unpaired) electrons. The fraction of sp³-hybridized carbons (Fsp3) is 0.636. The minimum absolute atomic E-state index is 0.133. The molecule has 1 fully saturated rings. The summed E-state index contributed by atoms with van der Waals surface area (Å²) in [6.07, 6.45) is 2.90. The zero-order valence-corrected chi connectivity index (χ0v) is 18.2. The van der Waals surface area contributed by atoms with Crippen LogP contribution < -0.4 is 14.2 Å².